The minimum atomic E-state index is -0.202. The lowest BCUT2D eigenvalue weighted by molar-refractivity contribution is -0.130. The number of halogens is 1. The number of carbonyl (C=O) groups excluding carboxylic acids is 1. The Bertz CT molecular complexity index is 890. The van der Waals surface area contributed by atoms with E-state index < -0.39 is 0 Å². The van der Waals surface area contributed by atoms with Gasteiger partial charge in [-0.25, -0.2) is 4.39 Å². The normalized spacial score (nSPS) is 17.8. The number of guanidine groups is 1. The maximum atomic E-state index is 13.6. The summed E-state index contributed by atoms with van der Waals surface area (Å²) in [5, 5.41) is 8.52. The second-order valence-corrected chi connectivity index (χ2v) is 8.50. The topological polar surface area (TPSA) is 56.7 Å². The van der Waals surface area contributed by atoms with Gasteiger partial charge in [-0.05, 0) is 54.0 Å². The molecule has 0 saturated heterocycles. The van der Waals surface area contributed by atoms with Crippen LogP contribution >= 0.6 is 11.3 Å². The largest absolute Gasteiger partial charge is 0.356 e. The van der Waals surface area contributed by atoms with Crippen LogP contribution in [0.4, 0.5) is 4.39 Å². The molecule has 7 heteroatoms. The van der Waals surface area contributed by atoms with Gasteiger partial charge in [0.05, 0.1) is 6.54 Å². The lowest BCUT2D eigenvalue weighted by Gasteiger charge is -2.27. The van der Waals surface area contributed by atoms with Crippen LogP contribution in [0.2, 0.25) is 0 Å². The predicted octanol–water partition coefficient (Wildman–Crippen LogP) is 2.67. The molecule has 1 saturated carbocycles. The zero-order chi connectivity index (χ0) is 19.6. The Kier molecular flexibility index (Phi) is 5.35. The van der Waals surface area contributed by atoms with Gasteiger partial charge in [0.2, 0.25) is 5.91 Å². The van der Waals surface area contributed by atoms with E-state index in [1.165, 1.54) is 16.5 Å². The Labute approximate surface area is 168 Å². The Morgan fingerprint density at radius 3 is 2.93 bits per heavy atom. The van der Waals surface area contributed by atoms with Crippen LogP contribution in [-0.2, 0) is 23.2 Å². The summed E-state index contributed by atoms with van der Waals surface area (Å²) in [6, 6.07) is 8.93. The summed E-state index contributed by atoms with van der Waals surface area (Å²) in [5.41, 5.74) is 2.25. The highest BCUT2D eigenvalue weighted by Gasteiger charge is 2.44. The number of rotatable bonds is 5. The van der Waals surface area contributed by atoms with Gasteiger partial charge in [0.15, 0.2) is 5.96 Å². The molecule has 1 fully saturated rings. The summed E-state index contributed by atoms with van der Waals surface area (Å²) < 4.78 is 13.6. The highest BCUT2D eigenvalue weighted by molar-refractivity contribution is 7.10. The van der Waals surface area contributed by atoms with Gasteiger partial charge in [-0.1, -0.05) is 12.1 Å². The van der Waals surface area contributed by atoms with Crippen LogP contribution in [-0.4, -0.2) is 43.4 Å². The minimum absolute atomic E-state index is 0.0358. The number of carbonyl (C=O) groups is 1. The highest BCUT2D eigenvalue weighted by atomic mass is 32.1. The van der Waals surface area contributed by atoms with Gasteiger partial charge in [0, 0.05) is 37.0 Å². The number of nitrogens with one attached hydrogen (secondary N) is 2. The van der Waals surface area contributed by atoms with Crippen LogP contribution in [0, 0.1) is 5.82 Å². The van der Waals surface area contributed by atoms with Gasteiger partial charge in [-0.15, -0.1) is 11.3 Å². The van der Waals surface area contributed by atoms with Crippen LogP contribution in [0.3, 0.4) is 0 Å². The SMILES string of the molecule is CN=C(NCC(=O)N1CCc2sccc2C1)NCC1(c2cccc(F)c2)CC1. The van der Waals surface area contributed by atoms with Crippen molar-refractivity contribution in [3.05, 3.63) is 57.5 Å². The molecule has 0 atom stereocenters. The van der Waals surface area contributed by atoms with E-state index in [-0.39, 0.29) is 23.7 Å². The smallest absolute Gasteiger partial charge is 0.242 e. The van der Waals surface area contributed by atoms with Crippen molar-refractivity contribution in [1.29, 1.82) is 0 Å². The summed E-state index contributed by atoms with van der Waals surface area (Å²) in [6.07, 6.45) is 2.98. The second kappa shape index (κ2) is 7.91. The fraction of sp³-hybridized carbons (Fsp3) is 0.429. The van der Waals surface area contributed by atoms with Gasteiger partial charge in [0.1, 0.15) is 5.82 Å². The number of fused-ring (bicyclic) bond motifs is 1. The molecule has 1 aliphatic heterocycles. The molecule has 1 aromatic heterocycles. The molecule has 4 rings (SSSR count). The van der Waals surface area contributed by atoms with E-state index in [2.05, 4.69) is 27.1 Å². The monoisotopic (exact) mass is 400 g/mol. The third-order valence-corrected chi connectivity index (χ3v) is 6.70. The van der Waals surface area contributed by atoms with E-state index in [4.69, 9.17) is 0 Å². The van der Waals surface area contributed by atoms with Gasteiger partial charge in [0.25, 0.3) is 0 Å². The number of benzene rings is 1. The number of nitrogens with zero attached hydrogens (tertiary/aromatic N) is 2. The van der Waals surface area contributed by atoms with Crippen molar-refractivity contribution in [2.24, 2.45) is 4.99 Å². The van der Waals surface area contributed by atoms with Crippen molar-refractivity contribution < 1.29 is 9.18 Å². The molecule has 2 N–H and O–H groups in total. The molecule has 1 aliphatic carbocycles. The summed E-state index contributed by atoms with van der Waals surface area (Å²) in [7, 11) is 1.69. The molecule has 0 radical (unpaired) electrons. The molecule has 0 bridgehead atoms. The van der Waals surface area contributed by atoms with Crippen LogP contribution in [0.15, 0.2) is 40.7 Å². The maximum absolute atomic E-state index is 13.6. The second-order valence-electron chi connectivity index (χ2n) is 7.50. The van der Waals surface area contributed by atoms with E-state index in [0.717, 1.165) is 31.4 Å². The van der Waals surface area contributed by atoms with Crippen molar-refractivity contribution in [2.45, 2.75) is 31.2 Å². The van der Waals surface area contributed by atoms with E-state index in [1.54, 1.807) is 30.5 Å². The lowest BCUT2D eigenvalue weighted by Crippen LogP contribution is -2.47. The van der Waals surface area contributed by atoms with Gasteiger partial charge >= 0.3 is 0 Å². The molecule has 148 valence electrons. The molecule has 2 aromatic rings. The number of hydrogen-bond donors (Lipinski definition) is 2. The van der Waals surface area contributed by atoms with Crippen molar-refractivity contribution in [3.63, 3.8) is 0 Å². The Hall–Kier alpha value is -2.41. The van der Waals surface area contributed by atoms with E-state index in [0.29, 0.717) is 19.0 Å². The molecule has 0 spiro atoms. The van der Waals surface area contributed by atoms with Crippen molar-refractivity contribution in [1.82, 2.24) is 15.5 Å². The molecule has 28 heavy (non-hydrogen) atoms. The van der Waals surface area contributed by atoms with Crippen LogP contribution in [0.25, 0.3) is 0 Å². The third kappa shape index (κ3) is 4.04. The number of thiophene rings is 1. The zero-order valence-electron chi connectivity index (χ0n) is 16.0. The summed E-state index contributed by atoms with van der Waals surface area (Å²) in [6.45, 7) is 2.34. The van der Waals surface area contributed by atoms with Crippen molar-refractivity contribution >= 4 is 23.2 Å². The number of amides is 1. The highest BCUT2D eigenvalue weighted by Crippen LogP contribution is 2.47. The standard InChI is InChI=1S/C21H25FN4OS/c1-23-20(25-14-21(7-8-21)16-3-2-4-17(22)11-16)24-12-19(27)26-9-5-18-15(13-26)6-10-28-18/h2-4,6,10-11H,5,7-9,12-14H2,1H3,(H2,23,24,25). The summed E-state index contributed by atoms with van der Waals surface area (Å²) in [5.74, 6) is 0.475. The quantitative estimate of drug-likeness (QED) is 0.599. The average Bonchev–Trinajstić information content (AvgIpc) is 3.36. The van der Waals surface area contributed by atoms with E-state index in [1.807, 2.05) is 11.0 Å². The molecule has 2 aliphatic rings. The average molecular weight is 401 g/mol. The minimum Gasteiger partial charge on any atom is -0.356 e. The molecule has 5 nitrogen and oxygen atoms in total. The number of aliphatic imine (C=N–C) groups is 1. The first-order valence-corrected chi connectivity index (χ1v) is 10.5. The van der Waals surface area contributed by atoms with Crippen LogP contribution in [0.5, 0.6) is 0 Å². The van der Waals surface area contributed by atoms with Crippen LogP contribution < -0.4 is 10.6 Å². The molecule has 2 heterocycles. The fourth-order valence-electron chi connectivity index (χ4n) is 3.74. The van der Waals surface area contributed by atoms with Crippen LogP contribution in [0.1, 0.15) is 28.8 Å². The Balaban J connectivity index is 1.28. The predicted molar refractivity (Wildman–Crippen MR) is 110 cm³/mol. The van der Waals surface area contributed by atoms with Crippen molar-refractivity contribution in [3.8, 4) is 0 Å². The first kappa shape index (κ1) is 18.9. The third-order valence-electron chi connectivity index (χ3n) is 5.68. The Morgan fingerprint density at radius 2 is 2.18 bits per heavy atom. The van der Waals surface area contributed by atoms with E-state index in [9.17, 15) is 9.18 Å². The molecule has 1 aromatic carbocycles. The van der Waals surface area contributed by atoms with E-state index >= 15 is 0 Å². The summed E-state index contributed by atoms with van der Waals surface area (Å²) in [4.78, 5) is 20.1. The molecule has 1 amide bonds. The number of hydrogen-bond acceptors (Lipinski definition) is 3. The first-order valence-electron chi connectivity index (χ1n) is 9.63. The van der Waals surface area contributed by atoms with Gasteiger partial charge in [-0.2, -0.15) is 0 Å². The van der Waals surface area contributed by atoms with Gasteiger partial charge in [-0.3, -0.25) is 9.79 Å². The molecular formula is C21H25FN4OS. The fourth-order valence-corrected chi connectivity index (χ4v) is 4.63. The lowest BCUT2D eigenvalue weighted by atomic mass is 9.96. The maximum Gasteiger partial charge on any atom is 0.242 e. The molecule has 0 unspecified atom stereocenters. The first-order chi connectivity index (χ1) is 13.6. The zero-order valence-corrected chi connectivity index (χ0v) is 16.8. The van der Waals surface area contributed by atoms with Crippen molar-refractivity contribution in [2.75, 3.05) is 26.7 Å². The molecular weight excluding hydrogens is 375 g/mol. The summed E-state index contributed by atoms with van der Waals surface area (Å²) >= 11 is 1.77. The van der Waals surface area contributed by atoms with Gasteiger partial charge < -0.3 is 15.5 Å². The Morgan fingerprint density at radius 1 is 1.32 bits per heavy atom.